The lowest BCUT2D eigenvalue weighted by Gasteiger charge is -2.20. The van der Waals surface area contributed by atoms with Crippen molar-refractivity contribution in [2.45, 2.75) is 44.0 Å². The fraction of sp³-hybridized carbons (Fsp3) is 1.00. The zero-order valence-electron chi connectivity index (χ0n) is 7.10. The Kier molecular flexibility index (Phi) is 2.59. The molecule has 1 fully saturated rings. The second kappa shape index (κ2) is 3.02. The summed E-state index contributed by atoms with van der Waals surface area (Å²) in [5.41, 5.74) is -1.22. The minimum atomic E-state index is -1.22. The monoisotopic (exact) mass is 224 g/mol. The van der Waals surface area contributed by atoms with E-state index in [9.17, 15) is 4.39 Å². The van der Waals surface area contributed by atoms with Gasteiger partial charge in [0.15, 0.2) is 0 Å². The lowest BCUT2D eigenvalue weighted by atomic mass is 9.90. The zero-order chi connectivity index (χ0) is 8.65. The van der Waals surface area contributed by atoms with E-state index in [1.807, 2.05) is 13.8 Å². The molecule has 0 aromatic carbocycles. The van der Waals surface area contributed by atoms with E-state index >= 15 is 0 Å². The third-order valence-electron chi connectivity index (χ3n) is 2.59. The molecule has 1 saturated heterocycles. The topological polar surface area (TPSA) is 9.23 Å². The second-order valence-corrected chi connectivity index (χ2v) is 4.17. The van der Waals surface area contributed by atoms with Crippen LogP contribution in [0.5, 0.6) is 0 Å². The molecular weight excluding hydrogens is 211 g/mol. The van der Waals surface area contributed by atoms with Crippen molar-refractivity contribution >= 4 is 15.9 Å². The normalized spacial score (nSPS) is 51.5. The van der Waals surface area contributed by atoms with E-state index in [1.54, 1.807) is 6.92 Å². The molecule has 1 rings (SSSR count). The SMILES string of the molecule is CC[C@H]1O[C@@H](Br)C(C)(F)[C@H]1C. The van der Waals surface area contributed by atoms with Crippen LogP contribution in [0.15, 0.2) is 0 Å². The van der Waals surface area contributed by atoms with E-state index < -0.39 is 10.7 Å². The lowest BCUT2D eigenvalue weighted by Crippen LogP contribution is -2.31. The third kappa shape index (κ3) is 1.45. The van der Waals surface area contributed by atoms with Crippen molar-refractivity contribution in [1.82, 2.24) is 0 Å². The molecule has 1 nitrogen and oxygen atoms in total. The molecule has 66 valence electrons. The number of alkyl halides is 2. The highest BCUT2D eigenvalue weighted by atomic mass is 79.9. The van der Waals surface area contributed by atoms with Crippen molar-refractivity contribution in [3.8, 4) is 0 Å². The molecule has 1 aliphatic heterocycles. The summed E-state index contributed by atoms with van der Waals surface area (Å²) in [5.74, 6) is -0.0168. The van der Waals surface area contributed by atoms with Crippen LogP contribution >= 0.6 is 15.9 Å². The Bertz CT molecular complexity index is 149. The summed E-state index contributed by atoms with van der Waals surface area (Å²) in [7, 11) is 0. The van der Waals surface area contributed by atoms with Gasteiger partial charge in [-0.2, -0.15) is 0 Å². The van der Waals surface area contributed by atoms with Gasteiger partial charge >= 0.3 is 0 Å². The molecule has 0 saturated carbocycles. The number of hydrogen-bond donors (Lipinski definition) is 0. The van der Waals surface area contributed by atoms with Gasteiger partial charge in [0.05, 0.1) is 6.10 Å². The maximum absolute atomic E-state index is 13.7. The summed E-state index contributed by atoms with van der Waals surface area (Å²) in [4.78, 5) is 0. The molecule has 1 aliphatic rings. The van der Waals surface area contributed by atoms with Crippen LogP contribution in [0.25, 0.3) is 0 Å². The first-order valence-electron chi connectivity index (χ1n) is 3.98. The average molecular weight is 225 g/mol. The first kappa shape index (κ1) is 9.46. The van der Waals surface area contributed by atoms with Gasteiger partial charge in [-0.3, -0.25) is 0 Å². The van der Waals surface area contributed by atoms with E-state index in [-0.39, 0.29) is 12.0 Å². The molecule has 0 bridgehead atoms. The molecular formula is C8H14BrFO. The summed E-state index contributed by atoms with van der Waals surface area (Å²) in [6.07, 6.45) is 0.942. The van der Waals surface area contributed by atoms with Gasteiger partial charge in [0.2, 0.25) is 0 Å². The number of hydrogen-bond acceptors (Lipinski definition) is 1. The van der Waals surface area contributed by atoms with E-state index in [2.05, 4.69) is 15.9 Å². The Hall–Kier alpha value is 0.370. The molecule has 4 atom stereocenters. The van der Waals surface area contributed by atoms with Gasteiger partial charge in [-0.05, 0) is 13.3 Å². The van der Waals surface area contributed by atoms with Gasteiger partial charge in [-0.25, -0.2) is 4.39 Å². The highest BCUT2D eigenvalue weighted by molar-refractivity contribution is 9.09. The predicted molar refractivity (Wildman–Crippen MR) is 46.6 cm³/mol. The van der Waals surface area contributed by atoms with Gasteiger partial charge in [-0.15, -0.1) is 0 Å². The van der Waals surface area contributed by atoms with Gasteiger partial charge < -0.3 is 4.74 Å². The van der Waals surface area contributed by atoms with Crippen LogP contribution in [0.4, 0.5) is 4.39 Å². The standard InChI is InChI=1S/C8H14BrFO/c1-4-6-5(2)8(3,10)7(9)11-6/h5-7H,4H2,1-3H3/t5-,6+,7+,8?/m0/s1. The van der Waals surface area contributed by atoms with Gasteiger partial charge in [-0.1, -0.05) is 29.8 Å². The van der Waals surface area contributed by atoms with Gasteiger partial charge in [0.25, 0.3) is 0 Å². The van der Waals surface area contributed by atoms with Crippen molar-refractivity contribution in [1.29, 1.82) is 0 Å². The van der Waals surface area contributed by atoms with Crippen molar-refractivity contribution in [2.75, 3.05) is 0 Å². The van der Waals surface area contributed by atoms with Crippen LogP contribution in [0.2, 0.25) is 0 Å². The predicted octanol–water partition coefficient (Wildman–Crippen LogP) is 2.88. The molecule has 0 N–H and O–H groups in total. The zero-order valence-corrected chi connectivity index (χ0v) is 8.69. The van der Waals surface area contributed by atoms with Gasteiger partial charge in [0, 0.05) is 5.92 Å². The minimum Gasteiger partial charge on any atom is -0.360 e. The summed E-state index contributed by atoms with van der Waals surface area (Å²) in [6.45, 7) is 5.50. The number of halogens is 2. The molecule has 3 heteroatoms. The molecule has 1 unspecified atom stereocenters. The van der Waals surface area contributed by atoms with E-state index in [1.165, 1.54) is 0 Å². The van der Waals surface area contributed by atoms with Crippen molar-refractivity contribution in [2.24, 2.45) is 5.92 Å². The molecule has 0 spiro atoms. The Labute approximate surface area is 75.4 Å². The van der Waals surface area contributed by atoms with Crippen molar-refractivity contribution in [3.05, 3.63) is 0 Å². The molecule has 0 aliphatic carbocycles. The van der Waals surface area contributed by atoms with Crippen LogP contribution in [-0.2, 0) is 4.74 Å². The summed E-state index contributed by atoms with van der Waals surface area (Å²) in [6, 6.07) is 0. The Balaban J connectivity index is 2.71. The largest absolute Gasteiger partial charge is 0.360 e. The third-order valence-corrected chi connectivity index (χ3v) is 3.70. The fourth-order valence-electron chi connectivity index (χ4n) is 1.42. The summed E-state index contributed by atoms with van der Waals surface area (Å²) in [5, 5.41) is -0.435. The number of rotatable bonds is 1. The number of ether oxygens (including phenoxy) is 1. The maximum Gasteiger partial charge on any atom is 0.149 e. The van der Waals surface area contributed by atoms with Crippen LogP contribution < -0.4 is 0 Å². The van der Waals surface area contributed by atoms with Crippen molar-refractivity contribution in [3.63, 3.8) is 0 Å². The average Bonchev–Trinajstić information content (AvgIpc) is 2.14. The quantitative estimate of drug-likeness (QED) is 0.623. The Morgan fingerprint density at radius 1 is 1.64 bits per heavy atom. The molecule has 11 heavy (non-hydrogen) atoms. The minimum absolute atomic E-state index is 0.0168. The molecule has 1 heterocycles. The summed E-state index contributed by atoms with van der Waals surface area (Å²) < 4.78 is 19.0. The second-order valence-electron chi connectivity index (χ2n) is 3.34. The molecule has 0 amide bonds. The summed E-state index contributed by atoms with van der Waals surface area (Å²) >= 11 is 3.18. The van der Waals surface area contributed by atoms with Crippen LogP contribution in [0.3, 0.4) is 0 Å². The van der Waals surface area contributed by atoms with E-state index in [4.69, 9.17) is 4.74 Å². The molecule has 0 aromatic rings. The highest BCUT2D eigenvalue weighted by Crippen LogP contribution is 2.42. The lowest BCUT2D eigenvalue weighted by molar-refractivity contribution is 0.0639. The highest BCUT2D eigenvalue weighted by Gasteiger charge is 2.49. The van der Waals surface area contributed by atoms with Crippen LogP contribution in [-0.4, -0.2) is 16.8 Å². The Morgan fingerprint density at radius 3 is 2.36 bits per heavy atom. The van der Waals surface area contributed by atoms with Crippen molar-refractivity contribution < 1.29 is 9.13 Å². The maximum atomic E-state index is 13.7. The van der Waals surface area contributed by atoms with E-state index in [0.29, 0.717) is 0 Å². The Morgan fingerprint density at radius 2 is 2.18 bits per heavy atom. The van der Waals surface area contributed by atoms with Gasteiger partial charge in [0.1, 0.15) is 10.7 Å². The van der Waals surface area contributed by atoms with Crippen LogP contribution in [0, 0.1) is 5.92 Å². The molecule has 0 radical (unpaired) electrons. The van der Waals surface area contributed by atoms with Crippen LogP contribution in [0.1, 0.15) is 27.2 Å². The smallest absolute Gasteiger partial charge is 0.149 e. The van der Waals surface area contributed by atoms with E-state index in [0.717, 1.165) is 6.42 Å². The molecule has 0 aromatic heterocycles. The fourth-order valence-corrected chi connectivity index (χ4v) is 2.12. The first-order valence-corrected chi connectivity index (χ1v) is 4.90. The first-order chi connectivity index (χ1) is 5.00.